The van der Waals surface area contributed by atoms with Crippen molar-refractivity contribution in [3.8, 4) is 0 Å². The maximum Gasteiger partial charge on any atom is 0.374 e. The number of carbonyl (C=O) groups is 2. The molecule has 1 aromatic rings. The van der Waals surface area contributed by atoms with Crippen LogP contribution in [0.4, 0.5) is 0 Å². The molecular formula is C17H28O5. The molecule has 0 atom stereocenters. The summed E-state index contributed by atoms with van der Waals surface area (Å²) < 4.78 is 15.4. The van der Waals surface area contributed by atoms with Crippen molar-refractivity contribution < 1.29 is 23.5 Å². The topological polar surface area (TPSA) is 65.7 Å². The Balaban J connectivity index is 0.00000211. The van der Waals surface area contributed by atoms with Gasteiger partial charge in [0.1, 0.15) is 5.60 Å². The number of hydrogen-bond acceptors (Lipinski definition) is 5. The van der Waals surface area contributed by atoms with E-state index in [-0.39, 0.29) is 23.5 Å². The Labute approximate surface area is 133 Å². The molecule has 0 unspecified atom stereocenters. The first-order chi connectivity index (χ1) is 9.98. The molecule has 0 saturated heterocycles. The van der Waals surface area contributed by atoms with Gasteiger partial charge in [-0.15, -0.1) is 0 Å². The Kier molecular flexibility index (Phi) is 7.36. The van der Waals surface area contributed by atoms with Crippen LogP contribution in [0, 0.1) is 5.41 Å². The highest BCUT2D eigenvalue weighted by molar-refractivity contribution is 5.91. The molecule has 5 heteroatoms. The van der Waals surface area contributed by atoms with Gasteiger partial charge in [0.05, 0.1) is 6.61 Å². The summed E-state index contributed by atoms with van der Waals surface area (Å²) in [6, 6.07) is 2.81. The Morgan fingerprint density at radius 2 is 1.41 bits per heavy atom. The van der Waals surface area contributed by atoms with Crippen LogP contribution in [0.5, 0.6) is 0 Å². The SMILES string of the molecule is CC.CC(C)(C)COC(=O)c1ccc(C(=O)OC(C)(C)C)o1. The largest absolute Gasteiger partial charge is 0.459 e. The number of carbonyl (C=O) groups excluding carboxylic acids is 2. The summed E-state index contributed by atoms with van der Waals surface area (Å²) >= 11 is 0. The van der Waals surface area contributed by atoms with Gasteiger partial charge >= 0.3 is 11.9 Å². The summed E-state index contributed by atoms with van der Waals surface area (Å²) in [5.41, 5.74) is -0.743. The molecule has 0 saturated carbocycles. The molecule has 0 aliphatic rings. The minimum atomic E-state index is -0.614. The average Bonchev–Trinajstić information content (AvgIpc) is 2.85. The zero-order valence-corrected chi connectivity index (χ0v) is 14.9. The maximum atomic E-state index is 11.7. The van der Waals surface area contributed by atoms with Crippen molar-refractivity contribution in [3.05, 3.63) is 23.7 Å². The van der Waals surface area contributed by atoms with Crippen molar-refractivity contribution in [1.29, 1.82) is 0 Å². The number of furan rings is 1. The van der Waals surface area contributed by atoms with Gasteiger partial charge in [0.2, 0.25) is 11.5 Å². The van der Waals surface area contributed by atoms with Gasteiger partial charge in [-0.3, -0.25) is 0 Å². The third-order valence-corrected chi connectivity index (χ3v) is 2.04. The van der Waals surface area contributed by atoms with Gasteiger partial charge < -0.3 is 13.9 Å². The summed E-state index contributed by atoms with van der Waals surface area (Å²) in [5.74, 6) is -1.21. The van der Waals surface area contributed by atoms with Crippen LogP contribution < -0.4 is 0 Å². The lowest BCUT2D eigenvalue weighted by molar-refractivity contribution is 0.00325. The first-order valence-electron chi connectivity index (χ1n) is 7.48. The van der Waals surface area contributed by atoms with E-state index in [2.05, 4.69) is 0 Å². The molecule has 22 heavy (non-hydrogen) atoms. The van der Waals surface area contributed by atoms with Gasteiger partial charge in [0, 0.05) is 0 Å². The monoisotopic (exact) mass is 312 g/mol. The van der Waals surface area contributed by atoms with E-state index in [1.54, 1.807) is 20.8 Å². The number of ether oxygens (including phenoxy) is 2. The van der Waals surface area contributed by atoms with Crippen LogP contribution in [0.25, 0.3) is 0 Å². The quantitative estimate of drug-likeness (QED) is 0.771. The second-order valence-electron chi connectivity index (χ2n) is 6.80. The highest BCUT2D eigenvalue weighted by Crippen LogP contribution is 2.17. The Morgan fingerprint density at radius 1 is 0.955 bits per heavy atom. The third kappa shape index (κ3) is 7.86. The first kappa shape index (κ1) is 20.2. The van der Waals surface area contributed by atoms with Gasteiger partial charge in [-0.1, -0.05) is 34.6 Å². The molecular weight excluding hydrogens is 284 g/mol. The van der Waals surface area contributed by atoms with E-state index in [4.69, 9.17) is 13.9 Å². The summed E-state index contributed by atoms with van der Waals surface area (Å²) in [6.07, 6.45) is 0. The first-order valence-corrected chi connectivity index (χ1v) is 7.48. The lowest BCUT2D eigenvalue weighted by atomic mass is 9.99. The lowest BCUT2D eigenvalue weighted by Gasteiger charge is -2.18. The fourth-order valence-corrected chi connectivity index (χ4v) is 1.24. The minimum Gasteiger partial charge on any atom is -0.459 e. The standard InChI is InChI=1S/C15H22O5.C2H6/c1-14(2,3)9-18-12(16)10-7-8-11(19-10)13(17)20-15(4,5)6;1-2/h7-8H,9H2,1-6H3;1-2H3. The van der Waals surface area contributed by atoms with Gasteiger partial charge in [-0.2, -0.15) is 0 Å². The molecule has 5 nitrogen and oxygen atoms in total. The highest BCUT2D eigenvalue weighted by atomic mass is 16.6. The van der Waals surface area contributed by atoms with Crippen molar-refractivity contribution >= 4 is 11.9 Å². The fourth-order valence-electron chi connectivity index (χ4n) is 1.24. The maximum absolute atomic E-state index is 11.7. The summed E-state index contributed by atoms with van der Waals surface area (Å²) in [6.45, 7) is 15.4. The number of esters is 2. The van der Waals surface area contributed by atoms with Crippen molar-refractivity contribution in [2.45, 2.75) is 61.0 Å². The van der Waals surface area contributed by atoms with Crippen LogP contribution in [-0.2, 0) is 9.47 Å². The molecule has 1 aromatic heterocycles. The molecule has 0 fully saturated rings. The van der Waals surface area contributed by atoms with E-state index in [0.29, 0.717) is 0 Å². The van der Waals surface area contributed by atoms with Crippen LogP contribution in [0.15, 0.2) is 16.5 Å². The van der Waals surface area contributed by atoms with E-state index in [0.717, 1.165) is 0 Å². The lowest BCUT2D eigenvalue weighted by Crippen LogP contribution is -2.23. The second-order valence-corrected chi connectivity index (χ2v) is 6.80. The van der Waals surface area contributed by atoms with Crippen molar-refractivity contribution in [3.63, 3.8) is 0 Å². The van der Waals surface area contributed by atoms with Crippen LogP contribution >= 0.6 is 0 Å². The smallest absolute Gasteiger partial charge is 0.374 e. The van der Waals surface area contributed by atoms with Crippen LogP contribution in [0.1, 0.15) is 76.5 Å². The molecule has 0 aliphatic carbocycles. The predicted octanol–water partition coefficient (Wildman–Crippen LogP) is 4.46. The number of rotatable bonds is 3. The van der Waals surface area contributed by atoms with Gasteiger partial charge in [0.15, 0.2) is 0 Å². The Hall–Kier alpha value is -1.78. The molecule has 126 valence electrons. The fraction of sp³-hybridized carbons (Fsp3) is 0.647. The molecule has 0 amide bonds. The van der Waals surface area contributed by atoms with Gasteiger partial charge in [-0.25, -0.2) is 9.59 Å². The van der Waals surface area contributed by atoms with Crippen molar-refractivity contribution in [2.24, 2.45) is 5.41 Å². The third-order valence-electron chi connectivity index (χ3n) is 2.04. The van der Waals surface area contributed by atoms with Crippen molar-refractivity contribution in [1.82, 2.24) is 0 Å². The second kappa shape index (κ2) is 8.01. The predicted molar refractivity (Wildman–Crippen MR) is 85.0 cm³/mol. The van der Waals surface area contributed by atoms with E-state index >= 15 is 0 Å². The zero-order chi connectivity index (χ0) is 17.6. The van der Waals surface area contributed by atoms with E-state index in [9.17, 15) is 9.59 Å². The minimum absolute atomic E-state index is 0.00453. The molecule has 0 aliphatic heterocycles. The van der Waals surface area contributed by atoms with Gasteiger partial charge in [-0.05, 0) is 38.3 Å². The summed E-state index contributed by atoms with van der Waals surface area (Å²) in [4.78, 5) is 23.5. The normalized spacial score (nSPS) is 11.3. The number of hydrogen-bond donors (Lipinski definition) is 0. The molecule has 0 N–H and O–H groups in total. The van der Waals surface area contributed by atoms with E-state index in [1.807, 2.05) is 34.6 Å². The van der Waals surface area contributed by atoms with Crippen LogP contribution in [0.3, 0.4) is 0 Å². The molecule has 0 bridgehead atoms. The Bertz CT molecular complexity index is 486. The molecule has 0 aromatic carbocycles. The van der Waals surface area contributed by atoms with E-state index < -0.39 is 17.5 Å². The zero-order valence-electron chi connectivity index (χ0n) is 14.9. The van der Waals surface area contributed by atoms with Crippen molar-refractivity contribution in [2.75, 3.05) is 6.61 Å². The van der Waals surface area contributed by atoms with Crippen LogP contribution in [-0.4, -0.2) is 24.1 Å². The highest BCUT2D eigenvalue weighted by Gasteiger charge is 2.23. The molecule has 1 heterocycles. The Morgan fingerprint density at radius 3 is 1.82 bits per heavy atom. The summed E-state index contributed by atoms with van der Waals surface area (Å²) in [5, 5.41) is 0. The van der Waals surface area contributed by atoms with Gasteiger partial charge in [0.25, 0.3) is 0 Å². The van der Waals surface area contributed by atoms with E-state index in [1.165, 1.54) is 12.1 Å². The summed E-state index contributed by atoms with van der Waals surface area (Å²) in [7, 11) is 0. The molecule has 0 radical (unpaired) electrons. The van der Waals surface area contributed by atoms with Crippen LogP contribution in [0.2, 0.25) is 0 Å². The molecule has 0 spiro atoms. The average molecular weight is 312 g/mol. The molecule has 1 rings (SSSR count).